The van der Waals surface area contributed by atoms with Crippen LogP contribution in [0.4, 0.5) is 9.80 Å². The van der Waals surface area contributed by atoms with Crippen molar-refractivity contribution < 1.29 is 14.4 Å². The maximum absolute atomic E-state index is 11.6. The molecular formula is C17H16N2O3S2. The molecule has 1 aromatic carbocycles. The van der Waals surface area contributed by atoms with Crippen LogP contribution >= 0.6 is 23.1 Å². The van der Waals surface area contributed by atoms with E-state index in [0.717, 1.165) is 40.7 Å². The summed E-state index contributed by atoms with van der Waals surface area (Å²) in [5, 5.41) is 4.57. The lowest BCUT2D eigenvalue weighted by molar-refractivity contribution is -0.119. The van der Waals surface area contributed by atoms with Gasteiger partial charge in [0.25, 0.3) is 5.24 Å². The van der Waals surface area contributed by atoms with E-state index >= 15 is 0 Å². The van der Waals surface area contributed by atoms with Crippen molar-refractivity contribution in [1.82, 2.24) is 5.32 Å². The predicted octanol–water partition coefficient (Wildman–Crippen LogP) is 2.85. The van der Waals surface area contributed by atoms with E-state index in [4.69, 9.17) is 0 Å². The zero-order valence-electron chi connectivity index (χ0n) is 12.8. The predicted molar refractivity (Wildman–Crippen MR) is 96.5 cm³/mol. The zero-order valence-corrected chi connectivity index (χ0v) is 14.4. The number of anilines is 1. The molecule has 1 aliphatic rings. The summed E-state index contributed by atoms with van der Waals surface area (Å²) in [5.74, 6) is -0.216. The van der Waals surface area contributed by atoms with E-state index in [1.807, 2.05) is 41.8 Å². The van der Waals surface area contributed by atoms with Gasteiger partial charge in [0.1, 0.15) is 0 Å². The average molecular weight is 360 g/mol. The van der Waals surface area contributed by atoms with Crippen molar-refractivity contribution in [3.05, 3.63) is 52.9 Å². The lowest BCUT2D eigenvalue weighted by Gasteiger charge is -2.15. The topological polar surface area (TPSA) is 66.5 Å². The Morgan fingerprint density at radius 3 is 2.46 bits per heavy atom. The number of nitrogens with zero attached hydrogens (tertiary/aromatic N) is 1. The number of carbonyl (C=O) groups is 3. The molecule has 5 nitrogen and oxygen atoms in total. The van der Waals surface area contributed by atoms with Crippen molar-refractivity contribution in [2.75, 3.05) is 11.4 Å². The lowest BCUT2D eigenvalue weighted by Crippen LogP contribution is -2.25. The molecule has 1 atom stereocenters. The number of amides is 3. The second-order valence-electron chi connectivity index (χ2n) is 5.40. The Hall–Kier alpha value is -2.12. The molecule has 1 aromatic heterocycles. The fourth-order valence-corrected chi connectivity index (χ4v) is 4.06. The van der Waals surface area contributed by atoms with Crippen LogP contribution in [0.2, 0.25) is 0 Å². The summed E-state index contributed by atoms with van der Waals surface area (Å²) in [6.45, 7) is 0.624. The third-order valence-electron chi connectivity index (χ3n) is 3.77. The monoisotopic (exact) mass is 360 g/mol. The second-order valence-corrected chi connectivity index (χ2v) is 7.51. The van der Waals surface area contributed by atoms with Gasteiger partial charge in [0.15, 0.2) is 0 Å². The van der Waals surface area contributed by atoms with Gasteiger partial charge in [-0.3, -0.25) is 19.7 Å². The number of nitrogens with one attached hydrogen (secondary N) is 1. The van der Waals surface area contributed by atoms with Crippen LogP contribution in [-0.4, -0.2) is 29.4 Å². The van der Waals surface area contributed by atoms with E-state index in [9.17, 15) is 14.4 Å². The highest BCUT2D eigenvalue weighted by molar-refractivity contribution is 8.15. The van der Waals surface area contributed by atoms with Gasteiger partial charge in [0.2, 0.25) is 12.3 Å². The van der Waals surface area contributed by atoms with Crippen molar-refractivity contribution in [1.29, 1.82) is 0 Å². The molecule has 24 heavy (non-hydrogen) atoms. The van der Waals surface area contributed by atoms with Gasteiger partial charge in [-0.15, -0.1) is 11.3 Å². The lowest BCUT2D eigenvalue weighted by atomic mass is 10.1. The highest BCUT2D eigenvalue weighted by Crippen LogP contribution is 2.23. The summed E-state index contributed by atoms with van der Waals surface area (Å²) in [6, 6.07) is 11.8. The molecule has 1 saturated heterocycles. The molecule has 0 saturated carbocycles. The minimum atomic E-state index is -0.340. The largest absolute Gasteiger partial charge is 0.306 e. The Morgan fingerprint density at radius 1 is 1.12 bits per heavy atom. The Labute approximate surface area is 148 Å². The van der Waals surface area contributed by atoms with Gasteiger partial charge in [-0.05, 0) is 41.5 Å². The van der Waals surface area contributed by atoms with Crippen LogP contribution in [0.25, 0.3) is 0 Å². The summed E-state index contributed by atoms with van der Waals surface area (Å²) in [7, 11) is 0. The molecule has 7 heteroatoms. The molecule has 2 heterocycles. The first kappa shape index (κ1) is 16.7. The molecule has 2 aromatic rings. The molecule has 0 bridgehead atoms. The van der Waals surface area contributed by atoms with Crippen LogP contribution in [0.3, 0.4) is 0 Å². The summed E-state index contributed by atoms with van der Waals surface area (Å²) in [6.07, 6.45) is 2.15. The fraction of sp³-hybridized carbons (Fsp3) is 0.235. The molecule has 0 unspecified atom stereocenters. The average Bonchev–Trinajstić information content (AvgIpc) is 3.20. The van der Waals surface area contributed by atoms with Crippen LogP contribution in [0.15, 0.2) is 41.8 Å². The molecule has 0 spiro atoms. The maximum Gasteiger partial charge on any atom is 0.286 e. The van der Waals surface area contributed by atoms with Crippen molar-refractivity contribution >= 4 is 45.7 Å². The Kier molecular flexibility index (Phi) is 5.32. The van der Waals surface area contributed by atoms with Crippen molar-refractivity contribution in [3.63, 3.8) is 0 Å². The minimum absolute atomic E-state index is 0.216. The van der Waals surface area contributed by atoms with Gasteiger partial charge in [0, 0.05) is 6.54 Å². The molecular weight excluding hydrogens is 344 g/mol. The Bertz CT molecular complexity index is 729. The molecule has 1 fully saturated rings. The number of benzene rings is 1. The molecule has 124 valence electrons. The van der Waals surface area contributed by atoms with E-state index in [2.05, 4.69) is 5.32 Å². The van der Waals surface area contributed by atoms with Gasteiger partial charge in [-0.2, -0.15) is 0 Å². The highest BCUT2D eigenvalue weighted by Gasteiger charge is 2.31. The molecule has 1 N–H and O–H groups in total. The highest BCUT2D eigenvalue weighted by atomic mass is 32.2. The molecule has 3 rings (SSSR count). The molecule has 0 radical (unpaired) electrons. The maximum atomic E-state index is 11.6. The van der Waals surface area contributed by atoms with Crippen molar-refractivity contribution in [3.8, 4) is 0 Å². The summed E-state index contributed by atoms with van der Waals surface area (Å²) in [5.41, 5.74) is 2.15. The number of hydrogen-bond donors (Lipinski definition) is 1. The third kappa shape index (κ3) is 4.04. The number of carbonyl (C=O) groups excluding carboxylic acids is 3. The number of thioether (sulfide) groups is 1. The third-order valence-corrected chi connectivity index (χ3v) is 5.66. The first-order valence-corrected chi connectivity index (χ1v) is 9.26. The molecule has 1 aliphatic heterocycles. The summed E-state index contributed by atoms with van der Waals surface area (Å²) >= 11 is 2.58. The minimum Gasteiger partial charge on any atom is -0.306 e. The smallest absolute Gasteiger partial charge is 0.286 e. The van der Waals surface area contributed by atoms with Gasteiger partial charge in [-0.25, -0.2) is 0 Å². The van der Waals surface area contributed by atoms with E-state index in [0.29, 0.717) is 13.0 Å². The van der Waals surface area contributed by atoms with Gasteiger partial charge in [-0.1, -0.05) is 36.0 Å². The number of thiophene rings is 1. The van der Waals surface area contributed by atoms with Crippen molar-refractivity contribution in [2.24, 2.45) is 0 Å². The quantitative estimate of drug-likeness (QED) is 0.771. The van der Waals surface area contributed by atoms with E-state index in [-0.39, 0.29) is 16.4 Å². The van der Waals surface area contributed by atoms with E-state index in [1.54, 1.807) is 4.90 Å². The normalized spacial score (nSPS) is 16.9. The van der Waals surface area contributed by atoms with Gasteiger partial charge >= 0.3 is 0 Å². The number of hydrogen-bond acceptors (Lipinski definition) is 5. The van der Waals surface area contributed by atoms with Crippen LogP contribution in [0, 0.1) is 0 Å². The summed E-state index contributed by atoms with van der Waals surface area (Å²) < 4.78 is 0. The van der Waals surface area contributed by atoms with Crippen LogP contribution in [0.1, 0.15) is 11.1 Å². The Balaban J connectivity index is 1.55. The van der Waals surface area contributed by atoms with Gasteiger partial charge < -0.3 is 4.90 Å². The Morgan fingerprint density at radius 2 is 1.88 bits per heavy atom. The van der Waals surface area contributed by atoms with Gasteiger partial charge in [0.05, 0.1) is 10.3 Å². The van der Waals surface area contributed by atoms with Crippen LogP contribution in [-0.2, 0) is 22.4 Å². The fourth-order valence-electron chi connectivity index (χ4n) is 2.48. The van der Waals surface area contributed by atoms with E-state index < -0.39 is 0 Å². The van der Waals surface area contributed by atoms with E-state index in [1.165, 1.54) is 11.3 Å². The first-order valence-electron chi connectivity index (χ1n) is 7.50. The second kappa shape index (κ2) is 7.63. The van der Waals surface area contributed by atoms with Crippen LogP contribution < -0.4 is 10.2 Å². The zero-order chi connectivity index (χ0) is 16.9. The number of rotatable bonds is 7. The molecule has 3 amide bonds. The molecule has 0 aliphatic carbocycles. The first-order chi connectivity index (χ1) is 11.7. The van der Waals surface area contributed by atoms with Crippen molar-refractivity contribution in [2.45, 2.75) is 18.1 Å². The SMILES string of the molecule is O=CN(CCc1ccc(C[C@H]2SC(=O)NC2=O)cc1)c1cccs1. The number of imide groups is 1. The standard InChI is InChI=1S/C17H16N2O3S2/c20-11-19(15-2-1-9-23-15)8-7-12-3-5-13(6-4-12)10-14-16(21)18-17(22)24-14/h1-6,9,11,14H,7-8,10H2,(H,18,21,22)/t14-/m1/s1. The van der Waals surface area contributed by atoms with Crippen LogP contribution in [0.5, 0.6) is 0 Å². The summed E-state index contributed by atoms with van der Waals surface area (Å²) in [4.78, 5) is 35.7.